The minimum Gasteiger partial charge on any atom is -0.301 e. The first-order valence-corrected chi connectivity index (χ1v) is 7.50. The summed E-state index contributed by atoms with van der Waals surface area (Å²) in [5.41, 5.74) is -0.0142. The van der Waals surface area contributed by atoms with Gasteiger partial charge in [-0.25, -0.2) is 0 Å². The number of rotatable bonds is 5. The third kappa shape index (κ3) is 3.57. The predicted octanol–water partition coefficient (Wildman–Crippen LogP) is 2.26. The second-order valence-corrected chi connectivity index (χ2v) is 6.03. The van der Waals surface area contributed by atoms with E-state index in [0.717, 1.165) is 32.1 Å². The van der Waals surface area contributed by atoms with E-state index in [1.54, 1.807) is 12.1 Å². The van der Waals surface area contributed by atoms with Gasteiger partial charge in [-0.2, -0.15) is 4.39 Å². The van der Waals surface area contributed by atoms with Gasteiger partial charge >= 0.3 is 5.69 Å². The van der Waals surface area contributed by atoms with Crippen molar-refractivity contribution in [2.75, 3.05) is 32.7 Å². The molecule has 21 heavy (non-hydrogen) atoms. The Morgan fingerprint density at radius 2 is 1.86 bits per heavy atom. The highest BCUT2D eigenvalue weighted by Crippen LogP contribution is 2.30. The second-order valence-electron chi connectivity index (χ2n) is 6.03. The van der Waals surface area contributed by atoms with Crippen molar-refractivity contribution in [2.45, 2.75) is 19.4 Å². The van der Waals surface area contributed by atoms with E-state index in [-0.39, 0.29) is 0 Å². The zero-order valence-electron chi connectivity index (χ0n) is 12.0. The van der Waals surface area contributed by atoms with Crippen LogP contribution < -0.4 is 0 Å². The normalized spacial score (nSPS) is 20.6. The number of hydrogen-bond acceptors (Lipinski definition) is 4. The van der Waals surface area contributed by atoms with Gasteiger partial charge in [-0.15, -0.1) is 0 Å². The van der Waals surface area contributed by atoms with Crippen molar-refractivity contribution in [3.05, 3.63) is 39.7 Å². The highest BCUT2D eigenvalue weighted by molar-refractivity contribution is 5.36. The lowest BCUT2D eigenvalue weighted by molar-refractivity contribution is -0.387. The Bertz CT molecular complexity index is 526. The fraction of sp³-hybridized carbons (Fsp3) is 0.600. The van der Waals surface area contributed by atoms with Gasteiger partial charge in [0.05, 0.1) is 4.92 Å². The van der Waals surface area contributed by atoms with Crippen molar-refractivity contribution < 1.29 is 9.31 Å². The van der Waals surface area contributed by atoms with Crippen molar-refractivity contribution in [1.29, 1.82) is 0 Å². The summed E-state index contributed by atoms with van der Waals surface area (Å²) in [6.45, 7) is 5.45. The van der Waals surface area contributed by atoms with Gasteiger partial charge in [0.25, 0.3) is 0 Å². The van der Waals surface area contributed by atoms with Crippen LogP contribution in [0.2, 0.25) is 0 Å². The van der Waals surface area contributed by atoms with Crippen LogP contribution in [0.25, 0.3) is 0 Å². The molecule has 0 radical (unpaired) electrons. The number of piperazine rings is 1. The van der Waals surface area contributed by atoms with Gasteiger partial charge < -0.3 is 4.90 Å². The second kappa shape index (κ2) is 6.07. The zero-order valence-corrected chi connectivity index (χ0v) is 12.0. The first kappa shape index (κ1) is 14.4. The topological polar surface area (TPSA) is 49.6 Å². The Kier molecular flexibility index (Phi) is 4.17. The van der Waals surface area contributed by atoms with Crippen molar-refractivity contribution in [3.8, 4) is 0 Å². The Morgan fingerprint density at radius 3 is 2.48 bits per heavy atom. The number of hydrogen-bond donors (Lipinski definition) is 0. The van der Waals surface area contributed by atoms with Gasteiger partial charge in [0.2, 0.25) is 5.82 Å². The van der Waals surface area contributed by atoms with Gasteiger partial charge in [0, 0.05) is 50.9 Å². The lowest BCUT2D eigenvalue weighted by atomic mass is 10.1. The Balaban J connectivity index is 1.57. The lowest BCUT2D eigenvalue weighted by Gasteiger charge is -2.34. The molecule has 2 fully saturated rings. The Hall–Kier alpha value is -1.53. The first-order chi connectivity index (χ1) is 10.1. The summed E-state index contributed by atoms with van der Waals surface area (Å²) in [5, 5.41) is 10.8. The molecule has 0 spiro atoms. The molecule has 114 valence electrons. The molecule has 0 aromatic heterocycles. The van der Waals surface area contributed by atoms with E-state index in [0.29, 0.717) is 12.1 Å². The zero-order chi connectivity index (χ0) is 14.8. The minimum atomic E-state index is -0.692. The molecule has 0 amide bonds. The number of nitrogens with zero attached hydrogens (tertiary/aromatic N) is 3. The van der Waals surface area contributed by atoms with E-state index < -0.39 is 16.4 Å². The van der Waals surface area contributed by atoms with Crippen LogP contribution in [0.3, 0.4) is 0 Å². The molecule has 1 saturated heterocycles. The summed E-state index contributed by atoms with van der Waals surface area (Å²) < 4.78 is 14.1. The molecular weight excluding hydrogens is 273 g/mol. The van der Waals surface area contributed by atoms with Crippen LogP contribution in [0.4, 0.5) is 10.1 Å². The fourth-order valence-electron chi connectivity index (χ4n) is 2.87. The van der Waals surface area contributed by atoms with Crippen LogP contribution in [-0.2, 0) is 6.54 Å². The summed E-state index contributed by atoms with van der Waals surface area (Å²) >= 11 is 0. The van der Waals surface area contributed by atoms with Crippen LogP contribution in [-0.4, -0.2) is 47.4 Å². The van der Waals surface area contributed by atoms with Crippen molar-refractivity contribution in [1.82, 2.24) is 9.80 Å². The van der Waals surface area contributed by atoms with Crippen LogP contribution in [0.1, 0.15) is 18.4 Å². The molecule has 0 N–H and O–H groups in total. The molecule has 2 aliphatic rings. The predicted molar refractivity (Wildman–Crippen MR) is 77.5 cm³/mol. The SMILES string of the molecule is O=[N+]([O-])c1cccc(CN2CCN(CC3CC3)CC2)c1F. The molecule has 1 aliphatic carbocycles. The molecule has 0 unspecified atom stereocenters. The molecule has 1 aliphatic heterocycles. The van der Waals surface area contributed by atoms with E-state index in [1.807, 2.05) is 0 Å². The molecular formula is C15H20FN3O2. The smallest absolute Gasteiger partial charge is 0.301 e. The van der Waals surface area contributed by atoms with Crippen molar-refractivity contribution >= 4 is 5.69 Å². The van der Waals surface area contributed by atoms with Gasteiger partial charge in [0.15, 0.2) is 0 Å². The Labute approximate surface area is 123 Å². The van der Waals surface area contributed by atoms with E-state index in [4.69, 9.17) is 0 Å². The monoisotopic (exact) mass is 293 g/mol. The van der Waals surface area contributed by atoms with Crippen LogP contribution in [0.5, 0.6) is 0 Å². The van der Waals surface area contributed by atoms with E-state index in [1.165, 1.54) is 25.5 Å². The van der Waals surface area contributed by atoms with E-state index in [9.17, 15) is 14.5 Å². The third-order valence-corrected chi connectivity index (χ3v) is 4.33. The standard InChI is InChI=1S/C15H20FN3O2/c16-15-13(2-1-3-14(15)19(20)21)11-18-8-6-17(7-9-18)10-12-4-5-12/h1-3,12H,4-11H2. The number of nitro groups is 1. The summed E-state index contributed by atoms with van der Waals surface area (Å²) in [5.74, 6) is 0.202. The van der Waals surface area contributed by atoms with Crippen LogP contribution in [0.15, 0.2) is 18.2 Å². The minimum absolute atomic E-state index is 0.417. The molecule has 1 saturated carbocycles. The number of halogens is 1. The van der Waals surface area contributed by atoms with E-state index >= 15 is 0 Å². The average molecular weight is 293 g/mol. The maximum atomic E-state index is 14.1. The molecule has 5 nitrogen and oxygen atoms in total. The maximum Gasteiger partial charge on any atom is 0.305 e. The summed E-state index contributed by atoms with van der Waals surface area (Å²) in [4.78, 5) is 14.7. The van der Waals surface area contributed by atoms with Gasteiger partial charge in [-0.05, 0) is 18.8 Å². The highest BCUT2D eigenvalue weighted by Gasteiger charge is 2.27. The van der Waals surface area contributed by atoms with Crippen molar-refractivity contribution in [2.24, 2.45) is 5.92 Å². The molecule has 1 aromatic carbocycles. The van der Waals surface area contributed by atoms with Crippen LogP contribution >= 0.6 is 0 Å². The fourth-order valence-corrected chi connectivity index (χ4v) is 2.87. The molecule has 3 rings (SSSR count). The van der Waals surface area contributed by atoms with Gasteiger partial charge in [0.1, 0.15) is 0 Å². The molecule has 1 aromatic rings. The maximum absolute atomic E-state index is 14.1. The summed E-state index contributed by atoms with van der Waals surface area (Å²) in [6, 6.07) is 4.41. The summed E-state index contributed by atoms with van der Waals surface area (Å²) in [7, 11) is 0. The average Bonchev–Trinajstić information content (AvgIpc) is 3.27. The molecule has 1 heterocycles. The van der Waals surface area contributed by atoms with Gasteiger partial charge in [-0.3, -0.25) is 15.0 Å². The molecule has 6 heteroatoms. The number of benzene rings is 1. The Morgan fingerprint density at radius 1 is 1.19 bits per heavy atom. The highest BCUT2D eigenvalue weighted by atomic mass is 19.1. The quantitative estimate of drug-likeness (QED) is 0.617. The lowest BCUT2D eigenvalue weighted by Crippen LogP contribution is -2.46. The molecule has 0 atom stereocenters. The van der Waals surface area contributed by atoms with E-state index in [2.05, 4.69) is 9.80 Å². The van der Waals surface area contributed by atoms with Gasteiger partial charge in [-0.1, -0.05) is 12.1 Å². The first-order valence-electron chi connectivity index (χ1n) is 7.50. The third-order valence-electron chi connectivity index (χ3n) is 4.33. The number of nitro benzene ring substituents is 1. The van der Waals surface area contributed by atoms with Crippen molar-refractivity contribution in [3.63, 3.8) is 0 Å². The van der Waals surface area contributed by atoms with Crippen LogP contribution in [0, 0.1) is 21.8 Å². The molecule has 0 bridgehead atoms. The summed E-state index contributed by atoms with van der Waals surface area (Å²) in [6.07, 6.45) is 2.72. The largest absolute Gasteiger partial charge is 0.305 e.